The molecule has 0 radical (unpaired) electrons. The number of benzene rings is 3. The number of hydrogen-bond acceptors (Lipinski definition) is 4. The van der Waals surface area contributed by atoms with Gasteiger partial charge in [-0.25, -0.2) is 18.2 Å². The monoisotopic (exact) mass is 565 g/mol. The van der Waals surface area contributed by atoms with E-state index in [-0.39, 0.29) is 10.6 Å². The normalized spacial score (nSPS) is 11.8. The first-order valence-electron chi connectivity index (χ1n) is 9.61. The maximum Gasteiger partial charge on any atom is 0.264 e. The molecule has 3 aromatic carbocycles. The van der Waals surface area contributed by atoms with E-state index in [4.69, 9.17) is 0 Å². The summed E-state index contributed by atoms with van der Waals surface area (Å²) in [7, 11) is -4.07. The third kappa shape index (κ3) is 5.92. The lowest BCUT2D eigenvalue weighted by molar-refractivity contribution is -0.119. The van der Waals surface area contributed by atoms with Crippen LogP contribution in [0.25, 0.3) is 0 Å². The average molecular weight is 565 g/mol. The molecule has 0 saturated carbocycles. The molecule has 0 aliphatic rings. The molecule has 0 fully saturated rings. The Morgan fingerprint density at radius 3 is 2.19 bits per heavy atom. The predicted molar refractivity (Wildman–Crippen MR) is 132 cm³/mol. The van der Waals surface area contributed by atoms with E-state index < -0.39 is 28.3 Å². The number of anilines is 1. The Bertz CT molecular complexity index is 1230. The molecule has 1 amide bonds. The van der Waals surface area contributed by atoms with Crippen LogP contribution in [0.2, 0.25) is 0 Å². The van der Waals surface area contributed by atoms with E-state index in [1.807, 2.05) is 31.2 Å². The molecule has 9 heteroatoms. The van der Waals surface area contributed by atoms with Gasteiger partial charge in [-0.1, -0.05) is 29.8 Å². The van der Waals surface area contributed by atoms with Gasteiger partial charge in [-0.3, -0.25) is 9.10 Å². The van der Waals surface area contributed by atoms with Crippen LogP contribution < -0.4 is 9.73 Å². The van der Waals surface area contributed by atoms with Crippen LogP contribution in [0.15, 0.2) is 82.8 Å². The minimum absolute atomic E-state index is 0.0267. The van der Waals surface area contributed by atoms with Crippen molar-refractivity contribution in [3.63, 3.8) is 0 Å². The number of nitrogens with one attached hydrogen (secondary N) is 1. The first kappa shape index (κ1) is 23.9. The smallest absolute Gasteiger partial charge is 0.264 e. The second-order valence-electron chi connectivity index (χ2n) is 7.04. The molecule has 0 aliphatic carbocycles. The van der Waals surface area contributed by atoms with Gasteiger partial charge in [0.15, 0.2) is 0 Å². The lowest BCUT2D eigenvalue weighted by Crippen LogP contribution is -2.39. The Balaban J connectivity index is 1.86. The number of carbonyl (C=O) groups is 1. The molecule has 0 atom stereocenters. The zero-order valence-electron chi connectivity index (χ0n) is 17.4. The van der Waals surface area contributed by atoms with Gasteiger partial charge in [-0.2, -0.15) is 5.10 Å². The highest BCUT2D eigenvalue weighted by molar-refractivity contribution is 14.1. The lowest BCUT2D eigenvalue weighted by atomic mass is 10.1. The highest BCUT2D eigenvalue weighted by Gasteiger charge is 2.27. The molecule has 166 valence electrons. The van der Waals surface area contributed by atoms with Crippen molar-refractivity contribution in [2.45, 2.75) is 18.7 Å². The van der Waals surface area contributed by atoms with Crippen molar-refractivity contribution in [1.29, 1.82) is 0 Å². The third-order valence-corrected chi connectivity index (χ3v) is 7.13. The van der Waals surface area contributed by atoms with Gasteiger partial charge in [0.25, 0.3) is 15.9 Å². The number of halogens is 2. The molecule has 3 rings (SSSR count). The number of aryl methyl sites for hydroxylation is 1. The van der Waals surface area contributed by atoms with Crippen LogP contribution in [0.4, 0.5) is 10.1 Å². The van der Waals surface area contributed by atoms with Crippen LogP contribution in [0.5, 0.6) is 0 Å². The summed E-state index contributed by atoms with van der Waals surface area (Å²) < 4.78 is 42.0. The topological polar surface area (TPSA) is 78.8 Å². The maximum absolute atomic E-state index is 13.4. The van der Waals surface area contributed by atoms with Gasteiger partial charge in [0, 0.05) is 3.57 Å². The summed E-state index contributed by atoms with van der Waals surface area (Å²) >= 11 is 2.19. The largest absolute Gasteiger partial charge is 0.271 e. The highest BCUT2D eigenvalue weighted by Crippen LogP contribution is 2.24. The fraction of sp³-hybridized carbons (Fsp3) is 0.130. The van der Waals surface area contributed by atoms with Gasteiger partial charge in [0.2, 0.25) is 0 Å². The molecule has 0 saturated heterocycles. The first-order valence-corrected chi connectivity index (χ1v) is 12.1. The molecular formula is C23H21FIN3O3S. The van der Waals surface area contributed by atoms with Crippen LogP contribution in [0.3, 0.4) is 0 Å². The van der Waals surface area contributed by atoms with Gasteiger partial charge in [-0.15, -0.1) is 0 Å². The minimum Gasteiger partial charge on any atom is -0.271 e. The number of carbonyl (C=O) groups excluding carboxylic acids is 1. The van der Waals surface area contributed by atoms with Crippen molar-refractivity contribution in [2.24, 2.45) is 5.10 Å². The molecule has 6 nitrogen and oxygen atoms in total. The van der Waals surface area contributed by atoms with E-state index in [0.29, 0.717) is 5.71 Å². The zero-order chi connectivity index (χ0) is 23.3. The number of hydrazone groups is 1. The van der Waals surface area contributed by atoms with Crippen molar-refractivity contribution in [1.82, 2.24) is 5.43 Å². The average Bonchev–Trinajstić information content (AvgIpc) is 2.77. The molecule has 32 heavy (non-hydrogen) atoms. The van der Waals surface area contributed by atoms with E-state index in [2.05, 4.69) is 33.1 Å². The highest BCUT2D eigenvalue weighted by atomic mass is 127. The summed E-state index contributed by atoms with van der Waals surface area (Å²) in [6.45, 7) is 3.06. The second kappa shape index (κ2) is 10.2. The van der Waals surface area contributed by atoms with Crippen molar-refractivity contribution in [2.75, 3.05) is 10.8 Å². The molecule has 0 bridgehead atoms. The van der Waals surface area contributed by atoms with E-state index in [0.717, 1.165) is 31.1 Å². The zero-order valence-corrected chi connectivity index (χ0v) is 20.4. The molecule has 3 aromatic rings. The number of nitrogens with zero attached hydrogens (tertiary/aromatic N) is 2. The fourth-order valence-corrected chi connectivity index (χ4v) is 4.61. The van der Waals surface area contributed by atoms with Crippen LogP contribution in [0, 0.1) is 16.3 Å². The van der Waals surface area contributed by atoms with Crippen LogP contribution in [-0.4, -0.2) is 26.6 Å². The summed E-state index contributed by atoms with van der Waals surface area (Å²) in [5, 5.41) is 4.08. The Morgan fingerprint density at radius 1 is 1.00 bits per heavy atom. The fourth-order valence-electron chi connectivity index (χ4n) is 2.83. The molecule has 1 N–H and O–H groups in total. The van der Waals surface area contributed by atoms with Crippen LogP contribution in [0.1, 0.15) is 18.1 Å². The van der Waals surface area contributed by atoms with Crippen molar-refractivity contribution in [3.8, 4) is 0 Å². The Kier molecular flexibility index (Phi) is 7.62. The quantitative estimate of drug-likeness (QED) is 0.261. The van der Waals surface area contributed by atoms with E-state index in [1.165, 1.54) is 24.3 Å². The maximum atomic E-state index is 13.4. The Labute approximate surface area is 200 Å². The predicted octanol–water partition coefficient (Wildman–Crippen LogP) is 4.47. The molecule has 0 spiro atoms. The summed E-state index contributed by atoms with van der Waals surface area (Å²) in [6.07, 6.45) is 0. The Hall–Kier alpha value is -2.79. The van der Waals surface area contributed by atoms with Gasteiger partial charge in [0.1, 0.15) is 12.4 Å². The second-order valence-corrected chi connectivity index (χ2v) is 10.1. The van der Waals surface area contributed by atoms with Gasteiger partial charge >= 0.3 is 0 Å². The summed E-state index contributed by atoms with van der Waals surface area (Å²) in [5.41, 5.74) is 4.87. The van der Waals surface area contributed by atoms with Crippen LogP contribution >= 0.6 is 22.6 Å². The van der Waals surface area contributed by atoms with Crippen molar-refractivity contribution >= 4 is 49.9 Å². The first-order chi connectivity index (χ1) is 15.2. The van der Waals surface area contributed by atoms with Gasteiger partial charge < -0.3 is 0 Å². The van der Waals surface area contributed by atoms with Gasteiger partial charge in [0.05, 0.1) is 16.3 Å². The molecule has 0 aromatic heterocycles. The number of hydrogen-bond donors (Lipinski definition) is 1. The summed E-state index contributed by atoms with van der Waals surface area (Å²) in [4.78, 5) is 12.6. The van der Waals surface area contributed by atoms with Crippen molar-refractivity contribution in [3.05, 3.63) is 93.3 Å². The van der Waals surface area contributed by atoms with E-state index >= 15 is 0 Å². The number of amides is 1. The molecule has 0 heterocycles. The SMILES string of the molecule is C/C(=N/NC(=O)CN(c1ccc(F)cc1)S(=O)(=O)c1ccc(C)cc1)c1ccc(I)cc1. The summed E-state index contributed by atoms with van der Waals surface area (Å²) in [6, 6.07) is 18.8. The molecular weight excluding hydrogens is 544 g/mol. The number of rotatable bonds is 7. The van der Waals surface area contributed by atoms with E-state index in [9.17, 15) is 17.6 Å². The lowest BCUT2D eigenvalue weighted by Gasteiger charge is -2.23. The van der Waals surface area contributed by atoms with Gasteiger partial charge in [-0.05, 0) is 90.5 Å². The third-order valence-electron chi connectivity index (χ3n) is 4.62. The minimum atomic E-state index is -4.07. The van der Waals surface area contributed by atoms with E-state index in [1.54, 1.807) is 19.1 Å². The standard InChI is InChI=1S/C23H21FIN3O3S/c1-16-3-13-22(14-4-16)32(30,31)28(21-11-7-19(24)8-12-21)15-23(29)27-26-17(2)18-5-9-20(25)10-6-18/h3-14H,15H2,1-2H3,(H,27,29)/b26-17-. The molecule has 0 unspecified atom stereocenters. The van der Waals surface area contributed by atoms with Crippen molar-refractivity contribution < 1.29 is 17.6 Å². The summed E-state index contributed by atoms with van der Waals surface area (Å²) in [5.74, 6) is -1.14. The Morgan fingerprint density at radius 2 is 1.59 bits per heavy atom. The number of sulfonamides is 1. The van der Waals surface area contributed by atoms with Crippen LogP contribution in [-0.2, 0) is 14.8 Å². The molecule has 0 aliphatic heterocycles.